The maximum atomic E-state index is 5.68. The predicted molar refractivity (Wildman–Crippen MR) is 52.8 cm³/mol. The highest BCUT2D eigenvalue weighted by atomic mass is 15.2. The number of rotatable bonds is 1. The van der Waals surface area contributed by atoms with E-state index in [1.807, 2.05) is 0 Å². The lowest BCUT2D eigenvalue weighted by atomic mass is 10.1. The molecule has 0 aliphatic carbocycles. The van der Waals surface area contributed by atoms with Crippen LogP contribution in [0.2, 0.25) is 0 Å². The van der Waals surface area contributed by atoms with Crippen LogP contribution in [0, 0.1) is 5.92 Å². The minimum atomic E-state index is 0.282. The van der Waals surface area contributed by atoms with Gasteiger partial charge in [-0.2, -0.15) is 0 Å². The topological polar surface area (TPSA) is 29.3 Å². The third kappa shape index (κ3) is 2.01. The summed E-state index contributed by atoms with van der Waals surface area (Å²) in [6.07, 6.45) is 1.17. The zero-order chi connectivity index (χ0) is 9.35. The van der Waals surface area contributed by atoms with Crippen LogP contribution in [0.5, 0.6) is 0 Å². The third-order valence-corrected chi connectivity index (χ3v) is 2.66. The number of likely N-dealkylation sites (tertiary alicyclic amines) is 1. The molecule has 0 bridgehead atoms. The number of nitrogens with two attached hydrogens (primary N) is 1. The van der Waals surface area contributed by atoms with Gasteiger partial charge in [-0.05, 0) is 33.7 Å². The van der Waals surface area contributed by atoms with Gasteiger partial charge in [0.05, 0.1) is 0 Å². The zero-order valence-electron chi connectivity index (χ0n) is 8.43. The maximum absolute atomic E-state index is 5.68. The Bertz CT molecular complexity index is 179. The molecule has 0 spiro atoms. The predicted octanol–water partition coefficient (Wildman–Crippen LogP) is 1.58. The highest BCUT2D eigenvalue weighted by Gasteiger charge is 2.30. The van der Waals surface area contributed by atoms with Crippen LogP contribution in [0.25, 0.3) is 0 Å². The Hall–Kier alpha value is -0.500. The van der Waals surface area contributed by atoms with Gasteiger partial charge in [0.25, 0.3) is 0 Å². The van der Waals surface area contributed by atoms with Crippen molar-refractivity contribution in [2.24, 2.45) is 11.7 Å². The molecule has 1 aliphatic rings. The first-order valence-corrected chi connectivity index (χ1v) is 4.60. The van der Waals surface area contributed by atoms with Crippen LogP contribution in [0.4, 0.5) is 0 Å². The molecule has 0 unspecified atom stereocenters. The van der Waals surface area contributed by atoms with Gasteiger partial charge in [-0.3, -0.25) is 4.90 Å². The molecular weight excluding hydrogens is 148 g/mol. The first-order chi connectivity index (χ1) is 5.41. The quantitative estimate of drug-likeness (QED) is 0.644. The molecule has 1 rings (SSSR count). The molecule has 0 aromatic carbocycles. The molecule has 2 heteroatoms. The molecule has 0 aromatic heterocycles. The Labute approximate surface area is 75.4 Å². The summed E-state index contributed by atoms with van der Waals surface area (Å²) in [6, 6.07) is 0. The van der Waals surface area contributed by atoms with Crippen molar-refractivity contribution >= 4 is 0 Å². The van der Waals surface area contributed by atoms with E-state index in [-0.39, 0.29) is 5.54 Å². The summed E-state index contributed by atoms with van der Waals surface area (Å²) in [5, 5.41) is 0. The molecule has 0 amide bonds. The summed E-state index contributed by atoms with van der Waals surface area (Å²) in [5.41, 5.74) is 6.81. The van der Waals surface area contributed by atoms with Crippen molar-refractivity contribution < 1.29 is 0 Å². The van der Waals surface area contributed by atoms with Gasteiger partial charge in [-0.25, -0.2) is 0 Å². The molecule has 0 aromatic rings. The molecular formula is C10H20N2. The molecule has 1 aliphatic heterocycles. The summed E-state index contributed by atoms with van der Waals surface area (Å²) in [7, 11) is 0. The Balaban J connectivity index is 2.51. The van der Waals surface area contributed by atoms with Gasteiger partial charge in [0.2, 0.25) is 0 Å². The molecule has 0 saturated carbocycles. The second-order valence-corrected chi connectivity index (χ2v) is 4.68. The molecule has 70 valence electrons. The van der Waals surface area contributed by atoms with E-state index in [0.717, 1.165) is 18.8 Å². The fourth-order valence-electron chi connectivity index (χ4n) is 1.67. The van der Waals surface area contributed by atoms with Gasteiger partial charge in [0, 0.05) is 23.7 Å². The van der Waals surface area contributed by atoms with Crippen LogP contribution in [-0.4, -0.2) is 23.5 Å². The van der Waals surface area contributed by atoms with Crippen molar-refractivity contribution in [1.82, 2.24) is 4.90 Å². The van der Waals surface area contributed by atoms with Gasteiger partial charge in [-0.1, -0.05) is 6.58 Å². The van der Waals surface area contributed by atoms with E-state index >= 15 is 0 Å². The third-order valence-electron chi connectivity index (χ3n) is 2.66. The zero-order valence-corrected chi connectivity index (χ0v) is 8.43. The summed E-state index contributed by atoms with van der Waals surface area (Å²) < 4.78 is 0. The molecule has 1 fully saturated rings. The minimum absolute atomic E-state index is 0.282. The SMILES string of the molecule is C=C(N)[C@@H]1CCN(C(C)(C)C)C1. The lowest BCUT2D eigenvalue weighted by molar-refractivity contribution is 0.170. The van der Waals surface area contributed by atoms with Crippen LogP contribution >= 0.6 is 0 Å². The second kappa shape index (κ2) is 3.09. The van der Waals surface area contributed by atoms with Crippen molar-refractivity contribution in [3.05, 3.63) is 12.3 Å². The van der Waals surface area contributed by atoms with Crippen LogP contribution in [0.3, 0.4) is 0 Å². The lowest BCUT2D eigenvalue weighted by Crippen LogP contribution is -2.39. The van der Waals surface area contributed by atoms with E-state index in [1.165, 1.54) is 6.42 Å². The lowest BCUT2D eigenvalue weighted by Gasteiger charge is -2.31. The molecule has 1 saturated heterocycles. The van der Waals surface area contributed by atoms with E-state index in [1.54, 1.807) is 0 Å². The van der Waals surface area contributed by atoms with E-state index in [4.69, 9.17) is 5.73 Å². The fraction of sp³-hybridized carbons (Fsp3) is 0.800. The Kier molecular flexibility index (Phi) is 2.47. The number of nitrogens with zero attached hydrogens (tertiary/aromatic N) is 1. The van der Waals surface area contributed by atoms with Gasteiger partial charge in [0.1, 0.15) is 0 Å². The number of hydrogen-bond donors (Lipinski definition) is 1. The highest BCUT2D eigenvalue weighted by molar-refractivity contribution is 5.00. The summed E-state index contributed by atoms with van der Waals surface area (Å²) >= 11 is 0. The summed E-state index contributed by atoms with van der Waals surface area (Å²) in [6.45, 7) is 12.8. The minimum Gasteiger partial charge on any atom is -0.402 e. The Morgan fingerprint density at radius 2 is 2.08 bits per heavy atom. The van der Waals surface area contributed by atoms with Gasteiger partial charge >= 0.3 is 0 Å². The first-order valence-electron chi connectivity index (χ1n) is 4.60. The van der Waals surface area contributed by atoms with Crippen LogP contribution in [-0.2, 0) is 0 Å². The smallest absolute Gasteiger partial charge is 0.0125 e. The number of hydrogen-bond acceptors (Lipinski definition) is 2. The highest BCUT2D eigenvalue weighted by Crippen LogP contribution is 2.26. The average Bonchev–Trinajstić information content (AvgIpc) is 2.30. The van der Waals surface area contributed by atoms with Gasteiger partial charge in [0.15, 0.2) is 0 Å². The monoisotopic (exact) mass is 168 g/mol. The van der Waals surface area contributed by atoms with Crippen LogP contribution < -0.4 is 5.73 Å². The van der Waals surface area contributed by atoms with E-state index in [2.05, 4.69) is 32.3 Å². The maximum Gasteiger partial charge on any atom is 0.0125 e. The van der Waals surface area contributed by atoms with E-state index in [0.29, 0.717) is 5.92 Å². The fourth-order valence-corrected chi connectivity index (χ4v) is 1.67. The molecule has 0 radical (unpaired) electrons. The van der Waals surface area contributed by atoms with Crippen molar-refractivity contribution in [2.75, 3.05) is 13.1 Å². The van der Waals surface area contributed by atoms with Crippen molar-refractivity contribution in [2.45, 2.75) is 32.7 Å². The van der Waals surface area contributed by atoms with Crippen molar-refractivity contribution in [3.8, 4) is 0 Å². The van der Waals surface area contributed by atoms with Crippen LogP contribution in [0.15, 0.2) is 12.3 Å². The molecule has 2 N–H and O–H groups in total. The van der Waals surface area contributed by atoms with Gasteiger partial charge < -0.3 is 5.73 Å². The molecule has 1 heterocycles. The molecule has 12 heavy (non-hydrogen) atoms. The first kappa shape index (κ1) is 9.59. The standard InChI is InChI=1S/C10H20N2/c1-8(11)9-5-6-12(7-9)10(2,3)4/h9H,1,5-7,11H2,2-4H3/t9-/m1/s1. The van der Waals surface area contributed by atoms with E-state index < -0.39 is 0 Å². The van der Waals surface area contributed by atoms with Crippen molar-refractivity contribution in [1.29, 1.82) is 0 Å². The molecule has 2 nitrogen and oxygen atoms in total. The van der Waals surface area contributed by atoms with Crippen LogP contribution in [0.1, 0.15) is 27.2 Å². The van der Waals surface area contributed by atoms with Crippen molar-refractivity contribution in [3.63, 3.8) is 0 Å². The normalized spacial score (nSPS) is 26.1. The van der Waals surface area contributed by atoms with Gasteiger partial charge in [-0.15, -0.1) is 0 Å². The summed E-state index contributed by atoms with van der Waals surface area (Å²) in [4.78, 5) is 2.47. The largest absolute Gasteiger partial charge is 0.402 e. The van der Waals surface area contributed by atoms with E-state index in [9.17, 15) is 0 Å². The average molecular weight is 168 g/mol. The molecule has 1 atom stereocenters. The Morgan fingerprint density at radius 1 is 1.50 bits per heavy atom. The Morgan fingerprint density at radius 3 is 2.33 bits per heavy atom. The second-order valence-electron chi connectivity index (χ2n) is 4.68. The summed E-state index contributed by atoms with van der Waals surface area (Å²) in [5.74, 6) is 0.518.